The number of nitrogen functional groups attached to an aromatic ring is 1. The molecule has 11 heteroatoms. The number of methoxy groups -OCH3 is 1. The highest BCUT2D eigenvalue weighted by atomic mass is 16.5. The van der Waals surface area contributed by atoms with Crippen molar-refractivity contribution in [2.24, 2.45) is 29.1 Å². The summed E-state index contributed by atoms with van der Waals surface area (Å²) in [5.74, 6) is 0.0949. The number of benzene rings is 2. The molecule has 0 spiro atoms. The lowest BCUT2D eigenvalue weighted by molar-refractivity contribution is -0.671. The van der Waals surface area contributed by atoms with Crippen LogP contribution < -0.4 is 24.9 Å². The van der Waals surface area contributed by atoms with E-state index in [-0.39, 0.29) is 5.91 Å². The van der Waals surface area contributed by atoms with Crippen molar-refractivity contribution in [1.29, 1.82) is 0 Å². The van der Waals surface area contributed by atoms with E-state index < -0.39 is 0 Å². The molecule has 0 atom stereocenters. The molecule has 5 aromatic rings. The van der Waals surface area contributed by atoms with E-state index in [0.717, 1.165) is 90.2 Å². The van der Waals surface area contributed by atoms with Crippen LogP contribution in [0.3, 0.4) is 0 Å². The summed E-state index contributed by atoms with van der Waals surface area (Å²) >= 11 is 0. The molecular weight excluding hydrogens is 783 g/mol. The van der Waals surface area contributed by atoms with Gasteiger partial charge in [0, 0.05) is 94.8 Å². The Balaban J connectivity index is 1.17. The van der Waals surface area contributed by atoms with E-state index in [1.54, 1.807) is 18.2 Å². The third kappa shape index (κ3) is 7.42. The van der Waals surface area contributed by atoms with Crippen LogP contribution in [0.15, 0.2) is 208 Å². The number of nitrogens with two attached hydrogens (primary N) is 1. The summed E-state index contributed by atoms with van der Waals surface area (Å²) in [5.41, 5.74) is 21.6. The predicted octanol–water partition coefficient (Wildman–Crippen LogP) is 7.75. The lowest BCUT2D eigenvalue weighted by Gasteiger charge is -2.16. The number of nitrogens with zero attached hydrogens (tertiary/aromatic N) is 6. The molecule has 0 saturated carbocycles. The maximum atomic E-state index is 13.4. The molecule has 3 aromatic heterocycles. The molecule has 5 aliphatic rings. The van der Waals surface area contributed by atoms with Gasteiger partial charge < -0.3 is 25.7 Å². The van der Waals surface area contributed by atoms with E-state index in [0.29, 0.717) is 22.7 Å². The monoisotopic (exact) mass is 825 g/mol. The average molecular weight is 826 g/mol. The van der Waals surface area contributed by atoms with E-state index in [4.69, 9.17) is 25.4 Å². The predicted molar refractivity (Wildman–Crippen MR) is 250 cm³/mol. The van der Waals surface area contributed by atoms with E-state index in [2.05, 4.69) is 95.3 Å². The van der Waals surface area contributed by atoms with Crippen molar-refractivity contribution in [2.75, 3.05) is 25.2 Å². The summed E-state index contributed by atoms with van der Waals surface area (Å²) in [6.07, 6.45) is 28.9. The Kier molecular flexibility index (Phi) is 9.76. The maximum Gasteiger partial charge on any atom is 0.259 e. The van der Waals surface area contributed by atoms with Crippen molar-refractivity contribution in [3.8, 4) is 5.75 Å². The second kappa shape index (κ2) is 15.9. The van der Waals surface area contributed by atoms with Crippen LogP contribution in [0.4, 0.5) is 11.4 Å². The molecule has 8 heterocycles. The molecular formula is C52H43N9O2+2. The quantitative estimate of drug-likeness (QED) is 0.120. The molecule has 0 fully saturated rings. The van der Waals surface area contributed by atoms with Gasteiger partial charge in [0.25, 0.3) is 5.91 Å². The van der Waals surface area contributed by atoms with E-state index in [1.165, 1.54) is 7.11 Å². The van der Waals surface area contributed by atoms with Gasteiger partial charge in [0.2, 0.25) is 0 Å². The van der Waals surface area contributed by atoms with Crippen molar-refractivity contribution < 1.29 is 18.7 Å². The van der Waals surface area contributed by atoms with Crippen LogP contribution in [0.5, 0.6) is 5.75 Å². The molecule has 63 heavy (non-hydrogen) atoms. The number of aryl methyl sites for hydroxylation is 2. The molecule has 0 saturated heterocycles. The summed E-state index contributed by atoms with van der Waals surface area (Å²) in [7, 11) is 7.55. The van der Waals surface area contributed by atoms with Crippen LogP contribution in [-0.2, 0) is 14.1 Å². The lowest BCUT2D eigenvalue weighted by atomic mass is 9.97. The number of carbonyl (C=O) groups excluding carboxylic acids is 1. The van der Waals surface area contributed by atoms with Crippen LogP contribution in [0.25, 0.3) is 16.7 Å². The van der Waals surface area contributed by atoms with Gasteiger partial charge in [0.1, 0.15) is 19.8 Å². The Hall–Kier alpha value is -8.44. The zero-order valence-corrected chi connectivity index (χ0v) is 35.2. The number of H-pyrrole nitrogens is 1. The fourth-order valence-electron chi connectivity index (χ4n) is 8.16. The number of ether oxygens (including phenoxy) is 1. The Morgan fingerprint density at radius 1 is 0.619 bits per heavy atom. The normalized spacial score (nSPS) is 16.4. The molecule has 4 N–H and O–H groups in total. The number of hydrogen-bond donors (Lipinski definition) is 3. The minimum absolute atomic E-state index is 0.306. The van der Waals surface area contributed by atoms with Crippen LogP contribution in [0.2, 0.25) is 0 Å². The molecule has 8 bridgehead atoms. The van der Waals surface area contributed by atoms with Crippen LogP contribution in [0.1, 0.15) is 38.4 Å². The third-order valence-corrected chi connectivity index (χ3v) is 11.4. The SMILES string of the molecule is COc1cc(N)ccc1C(=O)Nc1ccc(C2=C3C=CC(=N3)C(c3cc[n+](C)cc3)=C3C=CC(=N3)C(=C3C=CN(C)C=C3)C3=NC(=C(c4cc[n+](C)cc4)c4ccc2[nH]4)C=C3)cc1. The minimum Gasteiger partial charge on any atom is -0.496 e. The third-order valence-electron chi connectivity index (χ3n) is 11.4. The zero-order chi connectivity index (χ0) is 43.2. The van der Waals surface area contributed by atoms with Gasteiger partial charge in [-0.2, -0.15) is 0 Å². The van der Waals surface area contributed by atoms with Gasteiger partial charge in [-0.05, 0) is 107 Å². The number of aliphatic imine (C=N–C) groups is 3. The van der Waals surface area contributed by atoms with Gasteiger partial charge in [0.05, 0.1) is 46.9 Å². The van der Waals surface area contributed by atoms with Gasteiger partial charge in [-0.1, -0.05) is 12.1 Å². The van der Waals surface area contributed by atoms with Crippen molar-refractivity contribution in [1.82, 2.24) is 9.88 Å². The first kappa shape index (κ1) is 38.7. The lowest BCUT2D eigenvalue weighted by Crippen LogP contribution is -2.26. The van der Waals surface area contributed by atoms with E-state index >= 15 is 0 Å². The number of carbonyl (C=O) groups is 1. The zero-order valence-electron chi connectivity index (χ0n) is 35.2. The van der Waals surface area contributed by atoms with Crippen molar-refractivity contribution in [3.63, 3.8) is 0 Å². The van der Waals surface area contributed by atoms with Gasteiger partial charge in [-0.3, -0.25) is 4.79 Å². The first-order valence-corrected chi connectivity index (χ1v) is 20.5. The number of aromatic nitrogens is 3. The number of nitrogens with one attached hydrogen (secondary N) is 2. The highest BCUT2D eigenvalue weighted by Crippen LogP contribution is 2.38. The fourth-order valence-corrected chi connectivity index (χ4v) is 8.16. The Labute approximate surface area is 365 Å². The molecule has 0 radical (unpaired) electrons. The van der Waals surface area contributed by atoms with Crippen LogP contribution >= 0.6 is 0 Å². The number of fused-ring (bicyclic) bond motifs is 5. The number of rotatable bonds is 6. The van der Waals surface area contributed by atoms with Gasteiger partial charge in [-0.15, -0.1) is 0 Å². The number of amides is 1. The summed E-state index contributed by atoms with van der Waals surface area (Å²) in [5, 5.41) is 3.02. The topological polar surface area (TPSA) is 128 Å². The minimum atomic E-state index is -0.306. The Morgan fingerprint density at radius 2 is 1.11 bits per heavy atom. The number of allylic oxidation sites excluding steroid dienone is 11. The van der Waals surface area contributed by atoms with E-state index in [9.17, 15) is 4.79 Å². The van der Waals surface area contributed by atoms with Crippen LogP contribution in [-0.4, -0.2) is 47.1 Å². The summed E-state index contributed by atoms with van der Waals surface area (Å²) in [4.78, 5) is 35.4. The first-order chi connectivity index (χ1) is 30.7. The summed E-state index contributed by atoms with van der Waals surface area (Å²) < 4.78 is 9.49. The number of pyridine rings is 2. The van der Waals surface area contributed by atoms with Crippen molar-refractivity contribution >= 4 is 51.1 Å². The largest absolute Gasteiger partial charge is 0.496 e. The average Bonchev–Trinajstić information content (AvgIpc) is 4.14. The molecule has 0 unspecified atom stereocenters. The number of anilines is 2. The maximum absolute atomic E-state index is 13.4. The summed E-state index contributed by atoms with van der Waals surface area (Å²) in [6.45, 7) is 0. The number of aromatic amines is 1. The second-order valence-corrected chi connectivity index (χ2v) is 15.7. The van der Waals surface area contributed by atoms with Crippen molar-refractivity contribution in [3.05, 3.63) is 227 Å². The Bertz CT molecular complexity index is 3120. The number of hydrogen-bond acceptors (Lipinski definition) is 7. The highest BCUT2D eigenvalue weighted by molar-refractivity contribution is 6.36. The standard InChI is InChI=1S/C52H42N9O2/c1-59-25-19-33(20-26-59)49-41-13-11-39(55-41)48(32-5-8-37(9-6-32)54-52(62)38-10-7-36(53)31-47(38)63-4)40-12-14-42(56-40)50(34-21-27-60(2)28-22-34)44-16-18-46(58-44)51(45-17-15-43(49)57-45)35-23-29-61(3)30-24-35/h5-31H,1-4H3,(H3-,53,54,55,56,57,58,62)/q+1/p+1. The molecule has 11 nitrogen and oxygen atoms in total. The first-order valence-electron chi connectivity index (χ1n) is 20.5. The molecule has 306 valence electrons. The molecule has 5 aliphatic heterocycles. The van der Waals surface area contributed by atoms with Gasteiger partial charge in [-0.25, -0.2) is 24.1 Å². The van der Waals surface area contributed by atoms with E-state index in [1.807, 2.05) is 96.6 Å². The molecule has 0 aliphatic carbocycles. The van der Waals surface area contributed by atoms with Gasteiger partial charge >= 0.3 is 0 Å². The smallest absolute Gasteiger partial charge is 0.259 e. The van der Waals surface area contributed by atoms with Gasteiger partial charge in [0.15, 0.2) is 24.8 Å². The Morgan fingerprint density at radius 3 is 1.65 bits per heavy atom. The molecule has 1 amide bonds. The second-order valence-electron chi connectivity index (χ2n) is 15.7. The molecule has 10 rings (SSSR count). The van der Waals surface area contributed by atoms with Crippen molar-refractivity contribution in [2.45, 2.75) is 0 Å². The van der Waals surface area contributed by atoms with Crippen LogP contribution in [0, 0.1) is 0 Å². The fraction of sp³-hybridized carbons (Fsp3) is 0.0769. The molecule has 2 aromatic carbocycles. The highest BCUT2D eigenvalue weighted by Gasteiger charge is 2.27. The summed E-state index contributed by atoms with van der Waals surface area (Å²) in [6, 6.07) is 25.4.